The van der Waals surface area contributed by atoms with Crippen molar-refractivity contribution in [3.05, 3.63) is 24.4 Å². The van der Waals surface area contributed by atoms with Crippen molar-refractivity contribution in [2.45, 2.75) is 63.6 Å². The number of aromatic amines is 1. The maximum Gasteiger partial charge on any atom is 0.258 e. The number of halogens is 2. The number of benzene rings is 1. The molecule has 6 rings (SSSR count). The first-order valence-electron chi connectivity index (χ1n) is 12.6. The first kappa shape index (κ1) is 23.6. The predicted molar refractivity (Wildman–Crippen MR) is 134 cm³/mol. The van der Waals surface area contributed by atoms with Crippen molar-refractivity contribution in [1.82, 2.24) is 34.8 Å². The fourth-order valence-electron chi connectivity index (χ4n) is 5.61. The number of aromatic nitrogens is 6. The summed E-state index contributed by atoms with van der Waals surface area (Å²) in [6, 6.07) is 5.96. The van der Waals surface area contributed by atoms with Crippen molar-refractivity contribution in [2.75, 3.05) is 19.0 Å². The number of rotatable bonds is 7. The predicted octanol–water partition coefficient (Wildman–Crippen LogP) is 3.99. The van der Waals surface area contributed by atoms with Gasteiger partial charge in [0.2, 0.25) is 17.7 Å². The van der Waals surface area contributed by atoms with Gasteiger partial charge in [0.25, 0.3) is 6.43 Å². The minimum atomic E-state index is -2.53. The number of alkyl halides is 2. The third kappa shape index (κ3) is 4.44. The quantitative estimate of drug-likeness (QED) is 0.386. The summed E-state index contributed by atoms with van der Waals surface area (Å²) in [5.74, 6) is 1.18. The van der Waals surface area contributed by atoms with Gasteiger partial charge in [0.15, 0.2) is 0 Å². The average molecular weight is 511 g/mol. The van der Waals surface area contributed by atoms with Gasteiger partial charge >= 0.3 is 0 Å². The Balaban J connectivity index is 1.24. The van der Waals surface area contributed by atoms with Gasteiger partial charge in [-0.05, 0) is 49.8 Å². The third-order valence-electron chi connectivity index (χ3n) is 7.41. The summed E-state index contributed by atoms with van der Waals surface area (Å²) in [5, 5.41) is 12.0. The van der Waals surface area contributed by atoms with E-state index in [0.29, 0.717) is 46.4 Å². The van der Waals surface area contributed by atoms with Crippen LogP contribution in [0.3, 0.4) is 0 Å². The van der Waals surface area contributed by atoms with Crippen LogP contribution in [0.25, 0.3) is 33.2 Å². The monoisotopic (exact) mass is 510 g/mol. The molecule has 3 aromatic heterocycles. The molecule has 0 atom stereocenters. The van der Waals surface area contributed by atoms with Gasteiger partial charge < -0.3 is 19.9 Å². The van der Waals surface area contributed by atoms with Crippen LogP contribution in [-0.2, 0) is 11.3 Å². The van der Waals surface area contributed by atoms with Gasteiger partial charge in [-0.2, -0.15) is 9.97 Å². The molecular formula is C25H28F2N8O2. The Morgan fingerprint density at radius 2 is 2.05 bits per heavy atom. The number of hydrogen-bond donors (Lipinski definition) is 2. The van der Waals surface area contributed by atoms with Crippen molar-refractivity contribution in [1.29, 1.82) is 0 Å². The van der Waals surface area contributed by atoms with Crippen LogP contribution in [0, 0.1) is 0 Å². The van der Waals surface area contributed by atoms with Crippen molar-refractivity contribution < 1.29 is 18.3 Å². The Bertz CT molecular complexity index is 1440. The van der Waals surface area contributed by atoms with E-state index in [-0.39, 0.29) is 11.9 Å². The highest BCUT2D eigenvalue weighted by Gasteiger charge is 2.31. The standard InChI is InChI=1S/C25H28F2N8O2/c1-37-24-22-17(14-4-9-18-19(11-14)35(33-32-18)13-20(26)27)12-28-23(22)30-25(31-24)29-15-5-7-16(8-6-15)34-10-2-3-21(34)36/h4,9,11-12,15-16,20H,2-3,5-8,10,13H2,1H3,(H2,28,29,30,31). The van der Waals surface area contributed by atoms with E-state index in [0.717, 1.165) is 49.8 Å². The molecule has 1 saturated carbocycles. The van der Waals surface area contributed by atoms with E-state index in [4.69, 9.17) is 9.72 Å². The second-order valence-corrected chi connectivity index (χ2v) is 9.69. The van der Waals surface area contributed by atoms with Crippen LogP contribution in [0.1, 0.15) is 38.5 Å². The molecule has 2 N–H and O–H groups in total. The van der Waals surface area contributed by atoms with Crippen LogP contribution in [0.15, 0.2) is 24.4 Å². The van der Waals surface area contributed by atoms with Crippen LogP contribution in [-0.4, -0.2) is 72.9 Å². The number of methoxy groups -OCH3 is 1. The van der Waals surface area contributed by atoms with Crippen molar-refractivity contribution in [3.8, 4) is 17.0 Å². The summed E-state index contributed by atoms with van der Waals surface area (Å²) in [6.45, 7) is 0.358. The Hall–Kier alpha value is -3.83. The van der Waals surface area contributed by atoms with Gasteiger partial charge in [0.1, 0.15) is 17.7 Å². The molecule has 12 heteroatoms. The van der Waals surface area contributed by atoms with E-state index in [1.54, 1.807) is 19.2 Å². The summed E-state index contributed by atoms with van der Waals surface area (Å²) in [5.41, 5.74) is 3.26. The van der Waals surface area contributed by atoms with Crippen LogP contribution < -0.4 is 10.1 Å². The summed E-state index contributed by atoms with van der Waals surface area (Å²) in [7, 11) is 1.56. The number of nitrogens with zero attached hydrogens (tertiary/aromatic N) is 6. The first-order valence-corrected chi connectivity index (χ1v) is 12.6. The molecule has 1 aromatic carbocycles. The van der Waals surface area contributed by atoms with Crippen LogP contribution in [0.5, 0.6) is 5.88 Å². The summed E-state index contributed by atoms with van der Waals surface area (Å²) in [4.78, 5) is 26.7. The smallest absolute Gasteiger partial charge is 0.258 e. The van der Waals surface area contributed by atoms with Crippen molar-refractivity contribution >= 4 is 33.9 Å². The zero-order valence-electron chi connectivity index (χ0n) is 20.5. The zero-order chi connectivity index (χ0) is 25.5. The normalized spacial score (nSPS) is 20.4. The largest absolute Gasteiger partial charge is 0.480 e. The Kier molecular flexibility index (Phi) is 6.09. The number of carbonyl (C=O) groups excluding carboxylic acids is 1. The molecule has 1 saturated heterocycles. The number of fused-ring (bicyclic) bond motifs is 2. The van der Waals surface area contributed by atoms with Gasteiger partial charge in [-0.25, -0.2) is 13.5 Å². The highest BCUT2D eigenvalue weighted by atomic mass is 19.3. The second kappa shape index (κ2) is 9.56. The van der Waals surface area contributed by atoms with Gasteiger partial charge in [0, 0.05) is 36.8 Å². The fraction of sp³-hybridized carbons (Fsp3) is 0.480. The molecule has 1 amide bonds. The molecular weight excluding hydrogens is 482 g/mol. The molecule has 0 radical (unpaired) electrons. The minimum absolute atomic E-state index is 0.218. The molecule has 1 aliphatic carbocycles. The number of anilines is 1. The maximum atomic E-state index is 13.0. The first-order chi connectivity index (χ1) is 18.0. The van der Waals surface area contributed by atoms with Crippen LogP contribution >= 0.6 is 0 Å². The Morgan fingerprint density at radius 1 is 1.22 bits per heavy atom. The van der Waals surface area contributed by atoms with E-state index in [9.17, 15) is 13.6 Å². The number of carbonyl (C=O) groups is 1. The summed E-state index contributed by atoms with van der Waals surface area (Å²) >= 11 is 0. The van der Waals surface area contributed by atoms with E-state index in [1.807, 2.05) is 12.3 Å². The number of H-pyrrole nitrogens is 1. The molecule has 4 aromatic rings. The lowest BCUT2D eigenvalue weighted by Crippen LogP contribution is -2.41. The molecule has 4 heterocycles. The molecule has 0 spiro atoms. The van der Waals surface area contributed by atoms with E-state index >= 15 is 0 Å². The Morgan fingerprint density at radius 3 is 2.78 bits per heavy atom. The second-order valence-electron chi connectivity index (χ2n) is 9.69. The van der Waals surface area contributed by atoms with E-state index in [1.165, 1.54) is 4.68 Å². The van der Waals surface area contributed by atoms with E-state index in [2.05, 4.69) is 30.5 Å². The molecule has 0 unspecified atom stereocenters. The number of likely N-dealkylation sites (tertiary alicyclic amines) is 1. The maximum absolute atomic E-state index is 13.0. The molecule has 1 aliphatic heterocycles. The van der Waals surface area contributed by atoms with Crippen molar-refractivity contribution in [3.63, 3.8) is 0 Å². The number of amides is 1. The number of hydrogen-bond acceptors (Lipinski definition) is 7. The van der Waals surface area contributed by atoms with Crippen LogP contribution in [0.2, 0.25) is 0 Å². The highest BCUT2D eigenvalue weighted by molar-refractivity contribution is 5.99. The fourth-order valence-corrected chi connectivity index (χ4v) is 5.61. The Labute approximate surface area is 211 Å². The number of nitrogens with one attached hydrogen (secondary N) is 2. The average Bonchev–Trinajstić information content (AvgIpc) is 3.62. The molecule has 37 heavy (non-hydrogen) atoms. The van der Waals surface area contributed by atoms with E-state index < -0.39 is 13.0 Å². The minimum Gasteiger partial charge on any atom is -0.480 e. The summed E-state index contributed by atoms with van der Waals surface area (Å²) in [6.07, 6.45) is 4.74. The molecule has 10 nitrogen and oxygen atoms in total. The molecule has 0 bridgehead atoms. The van der Waals surface area contributed by atoms with Gasteiger partial charge in [-0.15, -0.1) is 5.10 Å². The third-order valence-corrected chi connectivity index (χ3v) is 7.41. The SMILES string of the molecule is COc1nc(NC2CCC(N3CCCC3=O)CC2)nc2[nH]cc(-c3ccc4nnn(CC(F)F)c4c3)c12. The van der Waals surface area contributed by atoms with Gasteiger partial charge in [0.05, 0.1) is 18.0 Å². The lowest BCUT2D eigenvalue weighted by Gasteiger charge is -2.34. The number of ether oxygens (including phenoxy) is 1. The topological polar surface area (TPSA) is 114 Å². The summed E-state index contributed by atoms with van der Waals surface area (Å²) < 4.78 is 32.8. The molecule has 2 fully saturated rings. The zero-order valence-corrected chi connectivity index (χ0v) is 20.5. The van der Waals surface area contributed by atoms with Gasteiger partial charge in [-0.3, -0.25) is 4.79 Å². The molecule has 2 aliphatic rings. The molecule has 194 valence electrons. The van der Waals surface area contributed by atoms with Crippen molar-refractivity contribution in [2.24, 2.45) is 0 Å². The lowest BCUT2D eigenvalue weighted by atomic mass is 9.90. The lowest BCUT2D eigenvalue weighted by molar-refractivity contribution is -0.130. The van der Waals surface area contributed by atoms with Crippen LogP contribution in [0.4, 0.5) is 14.7 Å². The van der Waals surface area contributed by atoms with Gasteiger partial charge in [-0.1, -0.05) is 11.3 Å². The highest BCUT2D eigenvalue weighted by Crippen LogP contribution is 2.36.